The number of aliphatic hydroxyl groups excluding tert-OH is 1. The van der Waals surface area contributed by atoms with Crippen LogP contribution in [0.15, 0.2) is 0 Å². The van der Waals surface area contributed by atoms with E-state index in [1.54, 1.807) is 6.92 Å². The van der Waals surface area contributed by atoms with Crippen LogP contribution in [0.25, 0.3) is 0 Å². The second-order valence-corrected chi connectivity index (χ2v) is 5.06. The van der Waals surface area contributed by atoms with E-state index in [2.05, 4.69) is 0 Å². The number of ketones is 1. The van der Waals surface area contributed by atoms with E-state index in [4.69, 9.17) is 9.84 Å². The smallest absolute Gasteiger partial charge is 0.305 e. The second kappa shape index (κ2) is 6.63. The number of Topliss-reactive ketones (excluding diaryl/α,β-unsaturated/α-hetero) is 1. The van der Waals surface area contributed by atoms with E-state index < -0.39 is 6.10 Å². The first-order valence-corrected chi connectivity index (χ1v) is 5.60. The average Bonchev–Trinajstić information content (AvgIpc) is 2.13. The van der Waals surface area contributed by atoms with Crippen molar-refractivity contribution in [3.63, 3.8) is 0 Å². The zero-order valence-corrected chi connectivity index (χ0v) is 10.6. The summed E-state index contributed by atoms with van der Waals surface area (Å²) in [5, 5.41) is 8.89. The quantitative estimate of drug-likeness (QED) is 0.705. The highest BCUT2D eigenvalue weighted by Crippen LogP contribution is 2.18. The van der Waals surface area contributed by atoms with Crippen molar-refractivity contribution < 1.29 is 19.4 Å². The lowest BCUT2D eigenvalue weighted by Crippen LogP contribution is -2.20. The van der Waals surface area contributed by atoms with Crippen molar-refractivity contribution in [3.8, 4) is 0 Å². The van der Waals surface area contributed by atoms with E-state index in [0.29, 0.717) is 12.8 Å². The molecule has 0 heterocycles. The number of rotatable bonds is 6. The van der Waals surface area contributed by atoms with Crippen LogP contribution in [0.5, 0.6) is 0 Å². The molecule has 0 aliphatic rings. The molecule has 16 heavy (non-hydrogen) atoms. The normalized spacial score (nSPS) is 13.3. The Bertz CT molecular complexity index is 238. The molecule has 4 heteroatoms. The molecule has 0 saturated carbocycles. The van der Waals surface area contributed by atoms with Crippen LogP contribution in [0.4, 0.5) is 0 Å². The summed E-state index contributed by atoms with van der Waals surface area (Å²) in [7, 11) is 0. The van der Waals surface area contributed by atoms with Crippen LogP contribution in [0.3, 0.4) is 0 Å². The van der Waals surface area contributed by atoms with Gasteiger partial charge in [-0.2, -0.15) is 0 Å². The summed E-state index contributed by atoms with van der Waals surface area (Å²) < 4.78 is 4.77. The first-order valence-electron chi connectivity index (χ1n) is 5.60. The largest absolute Gasteiger partial charge is 0.463 e. The van der Waals surface area contributed by atoms with E-state index in [9.17, 15) is 9.59 Å². The highest BCUT2D eigenvalue weighted by Gasteiger charge is 2.20. The molecule has 0 aromatic carbocycles. The van der Waals surface area contributed by atoms with Crippen molar-refractivity contribution in [2.75, 3.05) is 6.61 Å². The Morgan fingerprint density at radius 3 is 2.25 bits per heavy atom. The number of hydrogen-bond donors (Lipinski definition) is 1. The predicted molar refractivity (Wildman–Crippen MR) is 61.0 cm³/mol. The Kier molecular flexibility index (Phi) is 6.26. The van der Waals surface area contributed by atoms with Gasteiger partial charge >= 0.3 is 5.97 Å². The molecule has 0 aliphatic carbocycles. The van der Waals surface area contributed by atoms with Crippen molar-refractivity contribution in [1.82, 2.24) is 0 Å². The number of hydrogen-bond acceptors (Lipinski definition) is 4. The summed E-state index contributed by atoms with van der Waals surface area (Å²) in [6.07, 6.45) is 0.497. The predicted octanol–water partition coefficient (Wildman–Crippen LogP) is 1.70. The first kappa shape index (κ1) is 15.1. The number of carbonyl (C=O) groups excluding carboxylic acids is 2. The van der Waals surface area contributed by atoms with Crippen LogP contribution in [0.2, 0.25) is 0 Å². The maximum absolute atomic E-state index is 11.5. The van der Waals surface area contributed by atoms with Gasteiger partial charge in [0.05, 0.1) is 6.10 Å². The van der Waals surface area contributed by atoms with E-state index in [-0.39, 0.29) is 30.2 Å². The lowest BCUT2D eigenvalue weighted by molar-refractivity contribution is -0.146. The Morgan fingerprint density at radius 1 is 1.25 bits per heavy atom. The van der Waals surface area contributed by atoms with Crippen LogP contribution < -0.4 is 0 Å². The molecule has 0 aromatic heterocycles. The third kappa shape index (κ3) is 7.40. The van der Waals surface area contributed by atoms with Gasteiger partial charge in [-0.15, -0.1) is 0 Å². The summed E-state index contributed by atoms with van der Waals surface area (Å²) in [4.78, 5) is 22.7. The molecular formula is C12H22O4. The minimum Gasteiger partial charge on any atom is -0.463 e. The average molecular weight is 230 g/mol. The molecule has 1 unspecified atom stereocenters. The lowest BCUT2D eigenvalue weighted by atomic mass is 9.88. The molecule has 0 rings (SSSR count). The minimum absolute atomic E-state index is 0.0199. The summed E-state index contributed by atoms with van der Waals surface area (Å²) in [6, 6.07) is 0. The zero-order valence-electron chi connectivity index (χ0n) is 10.6. The Labute approximate surface area is 97.0 Å². The number of ether oxygens (including phenoxy) is 1. The van der Waals surface area contributed by atoms with Crippen LogP contribution >= 0.6 is 0 Å². The topological polar surface area (TPSA) is 63.6 Å². The van der Waals surface area contributed by atoms with Gasteiger partial charge in [-0.05, 0) is 13.3 Å². The molecule has 0 saturated heterocycles. The highest BCUT2D eigenvalue weighted by molar-refractivity contribution is 5.84. The molecule has 94 valence electrons. The van der Waals surface area contributed by atoms with Crippen molar-refractivity contribution in [2.45, 2.75) is 53.1 Å². The molecule has 1 N–H and O–H groups in total. The second-order valence-electron chi connectivity index (χ2n) is 5.06. The maximum Gasteiger partial charge on any atom is 0.305 e. The summed E-state index contributed by atoms with van der Waals surface area (Å²) in [5.74, 6) is -0.210. The van der Waals surface area contributed by atoms with Crippen molar-refractivity contribution in [2.24, 2.45) is 5.41 Å². The molecule has 0 amide bonds. The third-order valence-corrected chi connectivity index (χ3v) is 2.11. The van der Waals surface area contributed by atoms with Gasteiger partial charge < -0.3 is 9.84 Å². The molecule has 0 spiro atoms. The fraction of sp³-hybridized carbons (Fsp3) is 0.833. The minimum atomic E-state index is -0.639. The van der Waals surface area contributed by atoms with Gasteiger partial charge in [-0.25, -0.2) is 0 Å². The number of carbonyl (C=O) groups is 2. The Balaban J connectivity index is 3.67. The molecule has 0 radical (unpaired) electrons. The van der Waals surface area contributed by atoms with Crippen LogP contribution in [-0.4, -0.2) is 29.6 Å². The van der Waals surface area contributed by atoms with E-state index in [1.165, 1.54) is 0 Å². The third-order valence-electron chi connectivity index (χ3n) is 2.11. The first-order chi connectivity index (χ1) is 7.23. The zero-order chi connectivity index (χ0) is 12.8. The molecule has 0 aromatic rings. The monoisotopic (exact) mass is 230 g/mol. The van der Waals surface area contributed by atoms with Gasteiger partial charge in [0.1, 0.15) is 12.4 Å². The van der Waals surface area contributed by atoms with Gasteiger partial charge in [0.15, 0.2) is 0 Å². The van der Waals surface area contributed by atoms with Gasteiger partial charge in [-0.3, -0.25) is 9.59 Å². The van der Waals surface area contributed by atoms with Crippen LogP contribution in [0, 0.1) is 5.41 Å². The summed E-state index contributed by atoms with van der Waals surface area (Å²) in [5.41, 5.74) is -0.344. The molecular weight excluding hydrogens is 208 g/mol. The van der Waals surface area contributed by atoms with E-state index in [1.807, 2.05) is 20.8 Å². The van der Waals surface area contributed by atoms with E-state index >= 15 is 0 Å². The van der Waals surface area contributed by atoms with Crippen LogP contribution in [-0.2, 0) is 14.3 Å². The summed E-state index contributed by atoms with van der Waals surface area (Å²) in [6.45, 7) is 7.16. The summed E-state index contributed by atoms with van der Waals surface area (Å²) >= 11 is 0. The molecule has 0 fully saturated rings. The lowest BCUT2D eigenvalue weighted by Gasteiger charge is -2.16. The molecule has 0 bridgehead atoms. The van der Waals surface area contributed by atoms with Gasteiger partial charge in [-0.1, -0.05) is 20.8 Å². The SMILES string of the molecule is CC(O)COC(=O)CCCC(=O)C(C)(C)C. The standard InChI is InChI=1S/C12H22O4/c1-9(13)8-16-11(15)7-5-6-10(14)12(2,3)4/h9,13H,5-8H2,1-4H3. The molecule has 1 atom stereocenters. The van der Waals surface area contributed by atoms with Gasteiger partial charge in [0.25, 0.3) is 0 Å². The van der Waals surface area contributed by atoms with E-state index in [0.717, 1.165) is 0 Å². The Morgan fingerprint density at radius 2 is 1.81 bits per heavy atom. The highest BCUT2D eigenvalue weighted by atomic mass is 16.5. The van der Waals surface area contributed by atoms with Crippen molar-refractivity contribution in [3.05, 3.63) is 0 Å². The Hall–Kier alpha value is -0.900. The van der Waals surface area contributed by atoms with Gasteiger partial charge in [0, 0.05) is 18.3 Å². The maximum atomic E-state index is 11.5. The fourth-order valence-corrected chi connectivity index (χ4v) is 1.05. The molecule has 0 aliphatic heterocycles. The number of esters is 1. The number of aliphatic hydroxyl groups is 1. The fourth-order valence-electron chi connectivity index (χ4n) is 1.05. The van der Waals surface area contributed by atoms with Gasteiger partial charge in [0.2, 0.25) is 0 Å². The van der Waals surface area contributed by atoms with Crippen molar-refractivity contribution in [1.29, 1.82) is 0 Å². The van der Waals surface area contributed by atoms with Crippen molar-refractivity contribution >= 4 is 11.8 Å². The molecule has 4 nitrogen and oxygen atoms in total. The van der Waals surface area contributed by atoms with Crippen LogP contribution in [0.1, 0.15) is 47.0 Å².